The van der Waals surface area contributed by atoms with E-state index in [1.807, 2.05) is 0 Å². The van der Waals surface area contributed by atoms with E-state index in [1.165, 1.54) is 117 Å². The van der Waals surface area contributed by atoms with Crippen molar-refractivity contribution in [1.82, 2.24) is 0 Å². The minimum atomic E-state index is -0.193. The molecule has 12 rings (SSSR count). The topological polar surface area (TPSA) is 6.48 Å². The zero-order valence-corrected chi connectivity index (χ0v) is 40.5. The third-order valence-electron chi connectivity index (χ3n) is 15.2. The third kappa shape index (κ3) is 6.54. The summed E-state index contributed by atoms with van der Waals surface area (Å²) in [5.74, 6) is 0. The Kier molecular flexibility index (Phi) is 9.48. The number of fused-ring (bicyclic) bond motifs is 8. The Bertz CT molecular complexity index is 3430. The van der Waals surface area contributed by atoms with Gasteiger partial charge in [-0.1, -0.05) is 207 Å². The van der Waals surface area contributed by atoms with Gasteiger partial charge < -0.3 is 9.71 Å². The molecule has 0 saturated carbocycles. The number of rotatable bonds is 5. The first kappa shape index (κ1) is 42.0. The maximum atomic E-state index is 2.70. The van der Waals surface area contributed by atoms with Crippen LogP contribution in [0.15, 0.2) is 200 Å². The Labute approximate surface area is 403 Å². The van der Waals surface area contributed by atoms with E-state index in [0.29, 0.717) is 0 Å². The van der Waals surface area contributed by atoms with Gasteiger partial charge in [-0.25, -0.2) is 0 Å². The van der Waals surface area contributed by atoms with Gasteiger partial charge in [-0.3, -0.25) is 0 Å². The van der Waals surface area contributed by atoms with Crippen molar-refractivity contribution in [3.05, 3.63) is 222 Å². The van der Waals surface area contributed by atoms with Crippen molar-refractivity contribution in [3.8, 4) is 55.6 Å². The van der Waals surface area contributed by atoms with Gasteiger partial charge in [0, 0.05) is 39.3 Å². The second-order valence-electron chi connectivity index (χ2n) is 21.8. The fourth-order valence-corrected chi connectivity index (χ4v) is 11.6. The van der Waals surface area contributed by atoms with Crippen molar-refractivity contribution in [2.75, 3.05) is 9.71 Å². The second-order valence-corrected chi connectivity index (χ2v) is 21.8. The summed E-state index contributed by atoms with van der Waals surface area (Å²) < 4.78 is 0. The summed E-state index contributed by atoms with van der Waals surface area (Å²) in [6.45, 7) is 18.6. The Morgan fingerprint density at radius 3 is 1.60 bits per heavy atom. The molecule has 9 aromatic carbocycles. The van der Waals surface area contributed by atoms with Crippen LogP contribution >= 0.6 is 0 Å². The van der Waals surface area contributed by atoms with Gasteiger partial charge in [-0.2, -0.15) is 0 Å². The largest absolute Gasteiger partial charge is 0.376 e. The van der Waals surface area contributed by atoms with E-state index in [2.05, 4.69) is 265 Å². The van der Waals surface area contributed by atoms with Crippen molar-refractivity contribution in [1.29, 1.82) is 0 Å². The summed E-state index contributed by atoms with van der Waals surface area (Å²) >= 11 is 0. The Balaban J connectivity index is 1.26. The summed E-state index contributed by atoms with van der Waals surface area (Å²) in [7, 11) is 0. The SMILES string of the molecule is CC(C)(C)c1ccc(N2B3c4c(cc(-c5ccccc5)cc4N(c4ccc(C(C)(C)C)cc4-c4ccccc4)c4ccc5c(c43)-c3ccccc3C5(C)C)-c3ccc(-c4ccccc4)cc32)cc1. The molecule has 0 bridgehead atoms. The molecule has 68 heavy (non-hydrogen) atoms. The molecule has 0 radical (unpaired) electrons. The molecule has 3 heteroatoms. The Morgan fingerprint density at radius 2 is 0.941 bits per heavy atom. The normalized spacial score (nSPS) is 14.2. The van der Waals surface area contributed by atoms with Crippen LogP contribution in [0.5, 0.6) is 0 Å². The molecule has 0 N–H and O–H groups in total. The van der Waals surface area contributed by atoms with Crippen LogP contribution < -0.4 is 20.6 Å². The number of anilines is 5. The average Bonchev–Trinajstić information content (AvgIpc) is 3.59. The monoisotopic (exact) mass is 876 g/mol. The molecule has 2 aliphatic heterocycles. The van der Waals surface area contributed by atoms with Crippen LogP contribution in [0.3, 0.4) is 0 Å². The predicted molar refractivity (Wildman–Crippen MR) is 291 cm³/mol. The second kappa shape index (κ2) is 15.3. The zero-order chi connectivity index (χ0) is 46.7. The molecule has 0 atom stereocenters. The quantitative estimate of drug-likeness (QED) is 0.159. The summed E-state index contributed by atoms with van der Waals surface area (Å²) in [6.07, 6.45) is 0. The van der Waals surface area contributed by atoms with Gasteiger partial charge in [0.15, 0.2) is 0 Å². The van der Waals surface area contributed by atoms with Crippen molar-refractivity contribution in [2.24, 2.45) is 0 Å². The third-order valence-corrected chi connectivity index (χ3v) is 15.2. The van der Waals surface area contributed by atoms with Crippen molar-refractivity contribution in [2.45, 2.75) is 71.6 Å². The standard InChI is InChI=1S/C65H57BN2/c1-63(2,3)47-29-32-49(33-30-47)68-58-39-45(42-20-12-9-13-21-42)28-34-50(58)53-38-46(43-22-14-10-15-23-43)40-59-61(53)66(68)62-57(37-35-55-60(62)51-26-18-19-27-54(51)65(55,7)8)67(59)56-36-31-48(64(4,5)6)41-52(56)44-24-16-11-17-25-44/h9-41H,1-8H3. The minimum absolute atomic E-state index is 0.0134. The highest BCUT2D eigenvalue weighted by atomic mass is 15.2. The minimum Gasteiger partial charge on any atom is -0.376 e. The fraction of sp³-hybridized carbons (Fsp3) is 0.169. The molecule has 0 saturated heterocycles. The number of hydrogen-bond donors (Lipinski definition) is 0. The van der Waals surface area contributed by atoms with E-state index in [1.54, 1.807) is 0 Å². The summed E-state index contributed by atoms with van der Waals surface area (Å²) in [4.78, 5) is 5.34. The number of nitrogens with zero attached hydrogens (tertiary/aromatic N) is 2. The van der Waals surface area contributed by atoms with Crippen LogP contribution in [-0.2, 0) is 16.2 Å². The molecule has 3 aliphatic rings. The Morgan fingerprint density at radius 1 is 0.368 bits per heavy atom. The number of benzene rings is 9. The maximum Gasteiger partial charge on any atom is 0.333 e. The van der Waals surface area contributed by atoms with E-state index in [0.717, 1.165) is 0 Å². The molecule has 1 aliphatic carbocycles. The molecule has 0 aromatic heterocycles. The lowest BCUT2D eigenvalue weighted by atomic mass is 9.42. The van der Waals surface area contributed by atoms with Crippen LogP contribution in [0.1, 0.15) is 77.6 Å². The van der Waals surface area contributed by atoms with E-state index < -0.39 is 0 Å². The van der Waals surface area contributed by atoms with E-state index in [4.69, 9.17) is 0 Å². The van der Waals surface area contributed by atoms with E-state index in [-0.39, 0.29) is 23.1 Å². The lowest BCUT2D eigenvalue weighted by molar-refractivity contribution is 0.590. The van der Waals surface area contributed by atoms with Gasteiger partial charge in [0.25, 0.3) is 0 Å². The van der Waals surface area contributed by atoms with Gasteiger partial charge in [0.2, 0.25) is 0 Å². The number of hydrogen-bond acceptors (Lipinski definition) is 2. The molecule has 330 valence electrons. The highest BCUT2D eigenvalue weighted by Gasteiger charge is 2.50. The zero-order valence-electron chi connectivity index (χ0n) is 40.5. The maximum absolute atomic E-state index is 2.70. The molecule has 0 unspecified atom stereocenters. The smallest absolute Gasteiger partial charge is 0.333 e. The predicted octanol–water partition coefficient (Wildman–Crippen LogP) is 16.3. The van der Waals surface area contributed by atoms with Crippen LogP contribution in [0.2, 0.25) is 0 Å². The molecule has 0 amide bonds. The first-order chi connectivity index (χ1) is 32.8. The van der Waals surface area contributed by atoms with E-state index >= 15 is 0 Å². The first-order valence-corrected chi connectivity index (χ1v) is 24.4. The van der Waals surface area contributed by atoms with Crippen molar-refractivity contribution >= 4 is 46.2 Å². The van der Waals surface area contributed by atoms with Crippen LogP contribution in [0.25, 0.3) is 55.6 Å². The molecule has 2 nitrogen and oxygen atoms in total. The Hall–Kier alpha value is -7.36. The molecule has 2 heterocycles. The van der Waals surface area contributed by atoms with Crippen molar-refractivity contribution < 1.29 is 0 Å². The molecule has 9 aromatic rings. The highest BCUT2D eigenvalue weighted by Crippen LogP contribution is 2.55. The van der Waals surface area contributed by atoms with Crippen molar-refractivity contribution in [3.63, 3.8) is 0 Å². The van der Waals surface area contributed by atoms with Gasteiger partial charge >= 0.3 is 6.85 Å². The average molecular weight is 877 g/mol. The van der Waals surface area contributed by atoms with Crippen LogP contribution in [0, 0.1) is 0 Å². The first-order valence-electron chi connectivity index (χ1n) is 24.4. The highest BCUT2D eigenvalue weighted by molar-refractivity contribution is 6.94. The fourth-order valence-electron chi connectivity index (χ4n) is 11.6. The van der Waals surface area contributed by atoms with Gasteiger partial charge in [0.1, 0.15) is 0 Å². The van der Waals surface area contributed by atoms with Crippen LogP contribution in [0.4, 0.5) is 28.4 Å². The summed E-state index contributed by atoms with van der Waals surface area (Å²) in [6, 6.07) is 75.9. The van der Waals surface area contributed by atoms with Gasteiger partial charge in [0.05, 0.1) is 5.69 Å². The van der Waals surface area contributed by atoms with Crippen LogP contribution in [-0.4, -0.2) is 6.85 Å². The lowest BCUT2D eigenvalue weighted by Gasteiger charge is -2.47. The van der Waals surface area contributed by atoms with E-state index in [9.17, 15) is 0 Å². The summed E-state index contributed by atoms with van der Waals surface area (Å²) in [5.41, 5.74) is 26.3. The summed E-state index contributed by atoms with van der Waals surface area (Å²) in [5, 5.41) is 0. The lowest BCUT2D eigenvalue weighted by Crippen LogP contribution is -2.62. The molecular weight excluding hydrogens is 820 g/mol. The molecule has 0 spiro atoms. The molecular formula is C65H57BN2. The van der Waals surface area contributed by atoms with Gasteiger partial charge in [-0.15, -0.1) is 0 Å². The molecule has 0 fully saturated rings. The van der Waals surface area contributed by atoms with Gasteiger partial charge in [-0.05, 0) is 137 Å².